The molecule has 0 unspecified atom stereocenters. The Morgan fingerprint density at radius 1 is 1.23 bits per heavy atom. The van der Waals surface area contributed by atoms with Gasteiger partial charge in [-0.25, -0.2) is 9.78 Å². The molecule has 22 heavy (non-hydrogen) atoms. The van der Waals surface area contributed by atoms with Crippen molar-refractivity contribution in [3.05, 3.63) is 62.6 Å². The van der Waals surface area contributed by atoms with Crippen LogP contribution in [0, 0.1) is 11.3 Å². The summed E-state index contributed by atoms with van der Waals surface area (Å²) in [4.78, 5) is 28.4. The quantitative estimate of drug-likeness (QED) is 0.683. The first-order valence-corrected chi connectivity index (χ1v) is 6.63. The summed E-state index contributed by atoms with van der Waals surface area (Å²) in [5.74, 6) is 0. The van der Waals surface area contributed by atoms with Crippen molar-refractivity contribution in [3.63, 3.8) is 0 Å². The summed E-state index contributed by atoms with van der Waals surface area (Å²) in [6.45, 7) is 0.402. The van der Waals surface area contributed by atoms with Crippen molar-refractivity contribution < 1.29 is 0 Å². The Morgan fingerprint density at radius 2 is 2.00 bits per heavy atom. The highest BCUT2D eigenvalue weighted by atomic mass is 16.2. The minimum Gasteiger partial charge on any atom is -0.320 e. The number of fused-ring (bicyclic) bond motifs is 1. The molecule has 110 valence electrons. The zero-order valence-corrected chi connectivity index (χ0v) is 12.1. The average molecular weight is 295 g/mol. The van der Waals surface area contributed by atoms with Crippen LogP contribution in [-0.4, -0.2) is 18.7 Å². The zero-order valence-electron chi connectivity index (χ0n) is 12.1. The van der Waals surface area contributed by atoms with Crippen molar-refractivity contribution in [3.8, 4) is 6.07 Å². The number of aromatic nitrogens is 4. The Kier molecular flexibility index (Phi) is 3.14. The van der Waals surface area contributed by atoms with E-state index in [1.54, 1.807) is 29.8 Å². The largest absolute Gasteiger partial charge is 0.332 e. The van der Waals surface area contributed by atoms with Gasteiger partial charge in [0.1, 0.15) is 0 Å². The van der Waals surface area contributed by atoms with Gasteiger partial charge in [0.15, 0.2) is 11.2 Å². The SMILES string of the molecule is Cn1c(=O)c2c(ncn2Cc2cccc(C#N)c2)n(C)c1=O. The molecule has 3 rings (SSSR count). The minimum absolute atomic E-state index is 0.351. The van der Waals surface area contributed by atoms with Crippen molar-refractivity contribution >= 4 is 11.2 Å². The second-order valence-corrected chi connectivity index (χ2v) is 5.06. The molecule has 2 aromatic heterocycles. The Hall–Kier alpha value is -3.14. The van der Waals surface area contributed by atoms with Crippen LogP contribution in [0.4, 0.5) is 0 Å². The molecule has 0 radical (unpaired) electrons. The number of rotatable bonds is 2. The van der Waals surface area contributed by atoms with Gasteiger partial charge in [0.25, 0.3) is 5.56 Å². The second kappa shape index (κ2) is 5.00. The molecule has 0 bridgehead atoms. The smallest absolute Gasteiger partial charge is 0.320 e. The van der Waals surface area contributed by atoms with E-state index in [9.17, 15) is 9.59 Å². The second-order valence-electron chi connectivity index (χ2n) is 5.06. The fraction of sp³-hybridized carbons (Fsp3) is 0.200. The van der Waals surface area contributed by atoms with E-state index in [0.717, 1.165) is 10.1 Å². The molecule has 0 aliphatic rings. The lowest BCUT2D eigenvalue weighted by Gasteiger charge is -2.07. The number of benzene rings is 1. The maximum atomic E-state index is 12.3. The Morgan fingerprint density at radius 3 is 2.73 bits per heavy atom. The third kappa shape index (κ3) is 2.02. The first-order valence-electron chi connectivity index (χ1n) is 6.63. The van der Waals surface area contributed by atoms with Gasteiger partial charge in [0, 0.05) is 20.6 Å². The van der Waals surface area contributed by atoms with E-state index in [0.29, 0.717) is 23.3 Å². The van der Waals surface area contributed by atoms with Gasteiger partial charge in [-0.3, -0.25) is 13.9 Å². The number of hydrogen-bond acceptors (Lipinski definition) is 4. The van der Waals surface area contributed by atoms with Crippen molar-refractivity contribution in [2.24, 2.45) is 14.1 Å². The molecule has 0 saturated heterocycles. The van der Waals surface area contributed by atoms with Crippen LogP contribution >= 0.6 is 0 Å². The fourth-order valence-corrected chi connectivity index (χ4v) is 2.45. The average Bonchev–Trinajstić information content (AvgIpc) is 2.95. The van der Waals surface area contributed by atoms with E-state index < -0.39 is 5.69 Å². The number of nitrogens with zero attached hydrogens (tertiary/aromatic N) is 5. The van der Waals surface area contributed by atoms with E-state index in [1.165, 1.54) is 17.9 Å². The predicted molar refractivity (Wildman–Crippen MR) is 80.5 cm³/mol. The molecular formula is C15H13N5O2. The van der Waals surface area contributed by atoms with E-state index in [1.807, 2.05) is 6.07 Å². The Balaban J connectivity index is 2.19. The van der Waals surface area contributed by atoms with Crippen molar-refractivity contribution in [1.29, 1.82) is 5.26 Å². The Labute approximate surface area is 125 Å². The molecule has 0 atom stereocenters. The first kappa shape index (κ1) is 13.8. The minimum atomic E-state index is -0.408. The van der Waals surface area contributed by atoms with Crippen LogP contribution in [0.2, 0.25) is 0 Å². The third-order valence-electron chi connectivity index (χ3n) is 3.63. The van der Waals surface area contributed by atoms with Gasteiger partial charge in [-0.05, 0) is 17.7 Å². The van der Waals surface area contributed by atoms with Gasteiger partial charge < -0.3 is 4.57 Å². The van der Waals surface area contributed by atoms with Crippen LogP contribution in [0.3, 0.4) is 0 Å². The van der Waals surface area contributed by atoms with Crippen LogP contribution in [0.25, 0.3) is 11.2 Å². The van der Waals surface area contributed by atoms with Crippen LogP contribution in [0.1, 0.15) is 11.1 Å². The maximum absolute atomic E-state index is 12.3. The lowest BCUT2D eigenvalue weighted by molar-refractivity contribution is 0.702. The van der Waals surface area contributed by atoms with Crippen LogP contribution in [0.15, 0.2) is 40.2 Å². The highest BCUT2D eigenvalue weighted by Gasteiger charge is 2.14. The standard InChI is InChI=1S/C15H13N5O2/c1-18-13-12(14(21)19(2)15(18)22)20(9-17-13)8-11-5-3-4-10(6-11)7-16/h3-6,9H,8H2,1-2H3. The zero-order chi connectivity index (χ0) is 15.9. The van der Waals surface area contributed by atoms with E-state index in [-0.39, 0.29) is 5.56 Å². The van der Waals surface area contributed by atoms with Gasteiger partial charge in [-0.1, -0.05) is 12.1 Å². The highest BCUT2D eigenvalue weighted by molar-refractivity contribution is 5.70. The summed E-state index contributed by atoms with van der Waals surface area (Å²) >= 11 is 0. The predicted octanol–water partition coefficient (Wildman–Crippen LogP) is 0.354. The van der Waals surface area contributed by atoms with Crippen molar-refractivity contribution in [2.75, 3.05) is 0 Å². The maximum Gasteiger partial charge on any atom is 0.332 e. The van der Waals surface area contributed by atoms with E-state index in [4.69, 9.17) is 5.26 Å². The summed E-state index contributed by atoms with van der Waals surface area (Å²) in [5.41, 5.74) is 1.37. The van der Waals surface area contributed by atoms with Gasteiger partial charge >= 0.3 is 5.69 Å². The molecular weight excluding hydrogens is 282 g/mol. The van der Waals surface area contributed by atoms with Crippen LogP contribution < -0.4 is 11.2 Å². The van der Waals surface area contributed by atoms with Gasteiger partial charge in [-0.15, -0.1) is 0 Å². The number of aryl methyl sites for hydroxylation is 1. The molecule has 7 heteroatoms. The number of nitriles is 1. The molecule has 2 heterocycles. The molecule has 1 aromatic carbocycles. The number of hydrogen-bond donors (Lipinski definition) is 0. The first-order chi connectivity index (χ1) is 10.5. The van der Waals surface area contributed by atoms with Gasteiger partial charge in [-0.2, -0.15) is 5.26 Å². The molecule has 0 fully saturated rings. The normalized spacial score (nSPS) is 10.8. The molecule has 0 saturated carbocycles. The summed E-state index contributed by atoms with van der Waals surface area (Å²) in [7, 11) is 3.02. The fourth-order valence-electron chi connectivity index (χ4n) is 2.45. The molecule has 0 aliphatic carbocycles. The topological polar surface area (TPSA) is 85.6 Å². The molecule has 0 amide bonds. The summed E-state index contributed by atoms with van der Waals surface area (Å²) < 4.78 is 4.10. The molecule has 0 spiro atoms. The van der Waals surface area contributed by atoms with Crippen molar-refractivity contribution in [1.82, 2.24) is 18.7 Å². The summed E-state index contributed by atoms with van der Waals surface area (Å²) in [6.07, 6.45) is 1.53. The lowest BCUT2D eigenvalue weighted by atomic mass is 10.1. The lowest BCUT2D eigenvalue weighted by Crippen LogP contribution is -2.37. The van der Waals surface area contributed by atoms with Gasteiger partial charge in [0.05, 0.1) is 18.0 Å². The molecule has 0 aliphatic heterocycles. The third-order valence-corrected chi connectivity index (χ3v) is 3.63. The van der Waals surface area contributed by atoms with E-state index >= 15 is 0 Å². The summed E-state index contributed by atoms with van der Waals surface area (Å²) in [6, 6.07) is 9.23. The van der Waals surface area contributed by atoms with Crippen LogP contribution in [-0.2, 0) is 20.6 Å². The van der Waals surface area contributed by atoms with Gasteiger partial charge in [0.2, 0.25) is 0 Å². The van der Waals surface area contributed by atoms with E-state index in [2.05, 4.69) is 11.1 Å². The van der Waals surface area contributed by atoms with Crippen LogP contribution in [0.5, 0.6) is 0 Å². The summed E-state index contributed by atoms with van der Waals surface area (Å²) in [5, 5.41) is 8.95. The molecule has 0 N–H and O–H groups in total. The Bertz CT molecular complexity index is 1030. The highest BCUT2D eigenvalue weighted by Crippen LogP contribution is 2.11. The molecule has 3 aromatic rings. The van der Waals surface area contributed by atoms with Crippen molar-refractivity contribution in [2.45, 2.75) is 6.54 Å². The number of imidazole rings is 1. The molecule has 7 nitrogen and oxygen atoms in total. The monoisotopic (exact) mass is 295 g/mol.